The molecule has 1 aliphatic rings. The Bertz CT molecular complexity index is 596. The number of benzene rings is 1. The third kappa shape index (κ3) is 4.42. The van der Waals surface area contributed by atoms with Gasteiger partial charge in [-0.15, -0.1) is 11.3 Å². The maximum atomic E-state index is 10.4. The summed E-state index contributed by atoms with van der Waals surface area (Å²) < 4.78 is 0. The van der Waals surface area contributed by atoms with Gasteiger partial charge in [0.2, 0.25) is 0 Å². The number of likely N-dealkylation sites (N-methyl/N-ethyl adjacent to an activating group) is 1. The van der Waals surface area contributed by atoms with Crippen molar-refractivity contribution in [3.63, 3.8) is 0 Å². The fraction of sp³-hybridized carbons (Fsp3) is 0.526. The van der Waals surface area contributed by atoms with Gasteiger partial charge in [0, 0.05) is 31.2 Å². The highest BCUT2D eigenvalue weighted by Gasteiger charge is 2.37. The van der Waals surface area contributed by atoms with E-state index in [1.807, 2.05) is 17.6 Å². The highest BCUT2D eigenvalue weighted by Crippen LogP contribution is 2.39. The highest BCUT2D eigenvalue weighted by molar-refractivity contribution is 7.09. The Balaban J connectivity index is 1.50. The van der Waals surface area contributed by atoms with E-state index in [4.69, 9.17) is 0 Å². The van der Waals surface area contributed by atoms with E-state index in [1.165, 1.54) is 23.4 Å². The van der Waals surface area contributed by atoms with Crippen LogP contribution in [0.25, 0.3) is 0 Å². The molecule has 1 aromatic carbocycles. The second kappa shape index (κ2) is 8.21. The maximum Gasteiger partial charge on any atom is 0.113 e. The summed E-state index contributed by atoms with van der Waals surface area (Å²) in [6.07, 6.45) is 6.20. The van der Waals surface area contributed by atoms with Crippen molar-refractivity contribution < 1.29 is 5.11 Å². The lowest BCUT2D eigenvalue weighted by atomic mass is 9.98. The zero-order valence-electron chi connectivity index (χ0n) is 14.3. The maximum absolute atomic E-state index is 10.4. The molecule has 0 aliphatic heterocycles. The summed E-state index contributed by atoms with van der Waals surface area (Å²) in [5.41, 5.74) is 1.25. The van der Waals surface area contributed by atoms with Crippen LogP contribution in [0.5, 0.6) is 0 Å². The molecule has 5 heteroatoms. The number of rotatable bonds is 8. The van der Waals surface area contributed by atoms with Crippen molar-refractivity contribution in [1.29, 1.82) is 0 Å². The van der Waals surface area contributed by atoms with E-state index in [-0.39, 0.29) is 11.6 Å². The molecule has 0 spiro atoms. The Morgan fingerprint density at radius 3 is 2.71 bits per heavy atom. The van der Waals surface area contributed by atoms with Gasteiger partial charge < -0.3 is 10.4 Å². The standard InChI is InChI=1S/C19H27N3OS/c1-22(14-16-7-3-2-4-8-16)15-17(23)13-21-19(9-5-6-10-19)18-20-11-12-24-18/h2-4,7-8,11-12,17,21,23H,5-6,9-10,13-15H2,1H3. The zero-order chi connectivity index (χ0) is 16.8. The van der Waals surface area contributed by atoms with Gasteiger partial charge in [0.05, 0.1) is 11.6 Å². The largest absolute Gasteiger partial charge is 0.390 e. The number of nitrogens with zero attached hydrogens (tertiary/aromatic N) is 2. The molecule has 0 saturated heterocycles. The molecule has 1 aromatic heterocycles. The molecule has 1 fully saturated rings. The first-order valence-corrected chi connectivity index (χ1v) is 9.61. The fourth-order valence-corrected chi connectivity index (χ4v) is 4.48. The van der Waals surface area contributed by atoms with Crippen LogP contribution in [-0.4, -0.2) is 41.2 Å². The van der Waals surface area contributed by atoms with Gasteiger partial charge in [-0.3, -0.25) is 4.90 Å². The van der Waals surface area contributed by atoms with Gasteiger partial charge in [0.1, 0.15) is 5.01 Å². The summed E-state index contributed by atoms with van der Waals surface area (Å²) in [5.74, 6) is 0. The molecule has 2 N–H and O–H groups in total. The van der Waals surface area contributed by atoms with Gasteiger partial charge in [0.15, 0.2) is 0 Å². The molecule has 1 atom stereocenters. The molecule has 1 heterocycles. The summed E-state index contributed by atoms with van der Waals surface area (Å²) >= 11 is 1.72. The Labute approximate surface area is 148 Å². The molecule has 1 saturated carbocycles. The minimum Gasteiger partial charge on any atom is -0.390 e. The van der Waals surface area contributed by atoms with Gasteiger partial charge in [-0.1, -0.05) is 43.2 Å². The minimum atomic E-state index is -0.379. The van der Waals surface area contributed by atoms with Crippen LogP contribution in [0, 0.1) is 0 Å². The van der Waals surface area contributed by atoms with Crippen LogP contribution < -0.4 is 5.32 Å². The van der Waals surface area contributed by atoms with Crippen LogP contribution in [0.4, 0.5) is 0 Å². The summed E-state index contributed by atoms with van der Waals surface area (Å²) in [7, 11) is 2.06. The van der Waals surface area contributed by atoms with Crippen molar-refractivity contribution >= 4 is 11.3 Å². The van der Waals surface area contributed by atoms with Crippen molar-refractivity contribution in [3.05, 3.63) is 52.5 Å². The molecule has 3 rings (SSSR count). The smallest absolute Gasteiger partial charge is 0.113 e. The molecular weight excluding hydrogens is 318 g/mol. The molecule has 1 unspecified atom stereocenters. The summed E-state index contributed by atoms with van der Waals surface area (Å²) in [4.78, 5) is 6.70. The van der Waals surface area contributed by atoms with Crippen molar-refractivity contribution in [2.24, 2.45) is 0 Å². The number of aliphatic hydroxyl groups excluding tert-OH is 1. The minimum absolute atomic E-state index is 0.0207. The molecule has 2 aromatic rings. The van der Waals surface area contributed by atoms with E-state index >= 15 is 0 Å². The Morgan fingerprint density at radius 2 is 2.04 bits per heavy atom. The normalized spacial score (nSPS) is 18.1. The summed E-state index contributed by atoms with van der Waals surface area (Å²) in [6, 6.07) is 10.4. The second-order valence-corrected chi connectivity index (χ2v) is 7.74. The number of hydrogen-bond acceptors (Lipinski definition) is 5. The first-order valence-electron chi connectivity index (χ1n) is 8.73. The van der Waals surface area contributed by atoms with Gasteiger partial charge in [-0.05, 0) is 25.5 Å². The number of thiazole rings is 1. The van der Waals surface area contributed by atoms with Crippen molar-refractivity contribution in [2.75, 3.05) is 20.1 Å². The number of hydrogen-bond donors (Lipinski definition) is 2. The first-order chi connectivity index (χ1) is 11.7. The van der Waals surface area contributed by atoms with E-state index in [9.17, 15) is 5.11 Å². The zero-order valence-corrected chi connectivity index (χ0v) is 15.1. The lowest BCUT2D eigenvalue weighted by molar-refractivity contribution is 0.110. The number of nitrogens with one attached hydrogen (secondary N) is 1. The third-order valence-electron chi connectivity index (χ3n) is 4.79. The lowest BCUT2D eigenvalue weighted by Gasteiger charge is -2.30. The predicted octanol–water partition coefficient (Wildman–Crippen LogP) is 2.99. The Morgan fingerprint density at radius 1 is 1.29 bits per heavy atom. The monoisotopic (exact) mass is 345 g/mol. The fourth-order valence-electron chi connectivity index (χ4n) is 3.60. The SMILES string of the molecule is CN(Cc1ccccc1)CC(O)CNC1(c2nccs2)CCCC1. The first kappa shape index (κ1) is 17.5. The lowest BCUT2D eigenvalue weighted by Crippen LogP contribution is -2.46. The van der Waals surface area contributed by atoms with Crippen LogP contribution in [0.3, 0.4) is 0 Å². The van der Waals surface area contributed by atoms with E-state index in [0.717, 1.165) is 19.4 Å². The molecule has 0 amide bonds. The molecule has 4 nitrogen and oxygen atoms in total. The number of aliphatic hydroxyl groups is 1. The average Bonchev–Trinajstić information content (AvgIpc) is 3.26. The topological polar surface area (TPSA) is 48.4 Å². The third-order valence-corrected chi connectivity index (χ3v) is 5.77. The van der Waals surface area contributed by atoms with E-state index in [1.54, 1.807) is 11.3 Å². The van der Waals surface area contributed by atoms with Gasteiger partial charge in [-0.25, -0.2) is 4.98 Å². The summed E-state index contributed by atoms with van der Waals surface area (Å²) in [5, 5.41) is 17.3. The predicted molar refractivity (Wildman–Crippen MR) is 99.0 cm³/mol. The van der Waals surface area contributed by atoms with Crippen LogP contribution in [0.15, 0.2) is 41.9 Å². The van der Waals surface area contributed by atoms with Crippen molar-refractivity contribution in [1.82, 2.24) is 15.2 Å². The number of aromatic nitrogens is 1. The van der Waals surface area contributed by atoms with Crippen LogP contribution in [0.1, 0.15) is 36.3 Å². The van der Waals surface area contributed by atoms with E-state index < -0.39 is 0 Å². The molecular formula is C19H27N3OS. The van der Waals surface area contributed by atoms with E-state index in [0.29, 0.717) is 13.1 Å². The van der Waals surface area contributed by atoms with Gasteiger partial charge in [0.25, 0.3) is 0 Å². The van der Waals surface area contributed by atoms with Crippen molar-refractivity contribution in [2.45, 2.75) is 43.9 Å². The van der Waals surface area contributed by atoms with Gasteiger partial charge >= 0.3 is 0 Å². The highest BCUT2D eigenvalue weighted by atomic mass is 32.1. The van der Waals surface area contributed by atoms with Crippen LogP contribution in [-0.2, 0) is 12.1 Å². The van der Waals surface area contributed by atoms with Gasteiger partial charge in [-0.2, -0.15) is 0 Å². The molecule has 130 valence electrons. The molecule has 1 aliphatic carbocycles. The Kier molecular flexibility index (Phi) is 6.00. The second-order valence-electron chi connectivity index (χ2n) is 6.84. The molecule has 0 radical (unpaired) electrons. The Hall–Kier alpha value is -1.27. The van der Waals surface area contributed by atoms with E-state index in [2.05, 4.69) is 46.5 Å². The molecule has 0 bridgehead atoms. The van der Waals surface area contributed by atoms with Crippen LogP contribution >= 0.6 is 11.3 Å². The summed E-state index contributed by atoms with van der Waals surface area (Å²) in [6.45, 7) is 2.13. The quantitative estimate of drug-likeness (QED) is 0.772. The van der Waals surface area contributed by atoms with Crippen LogP contribution in [0.2, 0.25) is 0 Å². The van der Waals surface area contributed by atoms with Crippen molar-refractivity contribution in [3.8, 4) is 0 Å². The average molecular weight is 346 g/mol. The molecule has 24 heavy (non-hydrogen) atoms.